The molecular weight excluding hydrogens is 414 g/mol. The number of methoxy groups -OCH3 is 1. The number of nitrogens with zero attached hydrogens (tertiary/aromatic N) is 3. The van der Waals surface area contributed by atoms with Crippen LogP contribution in [0.4, 0.5) is 5.69 Å². The number of esters is 1. The van der Waals surface area contributed by atoms with Crippen LogP contribution in [0.3, 0.4) is 0 Å². The molecule has 2 aliphatic rings. The predicted octanol–water partition coefficient (Wildman–Crippen LogP) is 3.29. The van der Waals surface area contributed by atoms with Gasteiger partial charge in [-0.3, -0.25) is 9.59 Å². The fourth-order valence-electron chi connectivity index (χ4n) is 3.96. The predicted molar refractivity (Wildman–Crippen MR) is 115 cm³/mol. The highest BCUT2D eigenvalue weighted by molar-refractivity contribution is 8.00. The van der Waals surface area contributed by atoms with Crippen LogP contribution in [0.15, 0.2) is 35.4 Å². The minimum Gasteiger partial charge on any atom is -0.465 e. The Morgan fingerprint density at radius 1 is 1.26 bits per heavy atom. The van der Waals surface area contributed by atoms with Crippen LogP contribution in [-0.4, -0.2) is 35.1 Å². The van der Waals surface area contributed by atoms with Crippen molar-refractivity contribution >= 4 is 35.2 Å². The van der Waals surface area contributed by atoms with E-state index in [4.69, 9.17) is 0 Å². The average molecular weight is 436 g/mol. The van der Waals surface area contributed by atoms with Gasteiger partial charge in [0.2, 0.25) is 11.8 Å². The summed E-state index contributed by atoms with van der Waals surface area (Å²) in [6, 6.07) is 10.2. The maximum Gasteiger partial charge on any atom is 0.337 e. The number of rotatable bonds is 4. The van der Waals surface area contributed by atoms with E-state index in [0.717, 1.165) is 35.4 Å². The average Bonchev–Trinajstić information content (AvgIpc) is 3.05. The number of hydrogen-bond acceptors (Lipinski definition) is 7. The standard InChI is InChI=1S/C23H21N3O4S/c1-13-3-8-18-15(9-13)10-16(12-24)21(25-18)31-19-11-20(27)26(22(19)28)17-6-4-14(5-7-17)23(29)30-2/h4-7,10,13,19H,3,8-9,11H2,1-2H3. The van der Waals surface area contributed by atoms with Crippen molar-refractivity contribution in [1.82, 2.24) is 4.98 Å². The third-order valence-electron chi connectivity index (χ3n) is 5.62. The Bertz CT molecular complexity index is 1110. The summed E-state index contributed by atoms with van der Waals surface area (Å²) in [5.41, 5.74) is 3.26. The second-order valence-electron chi connectivity index (χ2n) is 7.82. The molecule has 0 radical (unpaired) electrons. The van der Waals surface area contributed by atoms with Crippen LogP contribution in [0, 0.1) is 17.2 Å². The molecule has 2 atom stereocenters. The van der Waals surface area contributed by atoms with Crippen molar-refractivity contribution in [1.29, 1.82) is 5.26 Å². The van der Waals surface area contributed by atoms with Crippen LogP contribution >= 0.6 is 11.8 Å². The van der Waals surface area contributed by atoms with Gasteiger partial charge in [-0.15, -0.1) is 0 Å². The van der Waals surface area contributed by atoms with Crippen molar-refractivity contribution in [3.8, 4) is 6.07 Å². The van der Waals surface area contributed by atoms with Crippen molar-refractivity contribution in [2.75, 3.05) is 12.0 Å². The third kappa shape index (κ3) is 4.06. The van der Waals surface area contributed by atoms with Crippen LogP contribution in [0.2, 0.25) is 0 Å². The van der Waals surface area contributed by atoms with Crippen molar-refractivity contribution in [3.05, 3.63) is 52.7 Å². The summed E-state index contributed by atoms with van der Waals surface area (Å²) in [5, 5.41) is 9.45. The third-order valence-corrected chi connectivity index (χ3v) is 6.81. The van der Waals surface area contributed by atoms with Crippen molar-refractivity contribution in [2.45, 2.75) is 42.9 Å². The number of aryl methyl sites for hydroxylation is 1. The number of carbonyl (C=O) groups is 3. The van der Waals surface area contributed by atoms with E-state index in [0.29, 0.717) is 27.8 Å². The van der Waals surface area contributed by atoms with E-state index in [9.17, 15) is 19.6 Å². The first-order valence-corrected chi connectivity index (χ1v) is 10.9. The van der Waals surface area contributed by atoms with Gasteiger partial charge in [0.05, 0.1) is 29.2 Å². The maximum absolute atomic E-state index is 13.0. The quantitative estimate of drug-likeness (QED) is 0.536. The van der Waals surface area contributed by atoms with E-state index in [1.807, 2.05) is 6.07 Å². The lowest BCUT2D eigenvalue weighted by molar-refractivity contribution is -0.121. The molecule has 1 aromatic heterocycles. The number of anilines is 1. The fourth-order valence-corrected chi connectivity index (χ4v) is 5.06. The van der Waals surface area contributed by atoms with E-state index in [1.54, 1.807) is 12.1 Å². The molecule has 1 aliphatic carbocycles. The summed E-state index contributed by atoms with van der Waals surface area (Å²) in [6.45, 7) is 2.19. The summed E-state index contributed by atoms with van der Waals surface area (Å²) in [6.07, 6.45) is 2.83. The van der Waals surface area contributed by atoms with Gasteiger partial charge < -0.3 is 4.74 Å². The number of carbonyl (C=O) groups excluding carboxylic acids is 3. The number of pyridine rings is 1. The SMILES string of the molecule is COC(=O)c1ccc(N2C(=O)CC(Sc3nc4c(cc3C#N)CC(C)CC4)C2=O)cc1. The van der Waals surface area contributed by atoms with Gasteiger partial charge in [-0.2, -0.15) is 5.26 Å². The molecule has 0 spiro atoms. The molecule has 2 unspecified atom stereocenters. The summed E-state index contributed by atoms with van der Waals surface area (Å²) in [5.74, 6) is -0.597. The Labute approximate surface area is 184 Å². The molecule has 0 N–H and O–H groups in total. The van der Waals surface area contributed by atoms with Crippen LogP contribution in [0.1, 0.15) is 46.9 Å². The molecule has 7 nitrogen and oxygen atoms in total. The summed E-state index contributed by atoms with van der Waals surface area (Å²) in [4.78, 5) is 43.0. The number of thioether (sulfide) groups is 1. The first-order chi connectivity index (χ1) is 14.9. The summed E-state index contributed by atoms with van der Waals surface area (Å²) in [7, 11) is 1.29. The van der Waals surface area contributed by atoms with E-state index in [2.05, 4.69) is 22.7 Å². The monoisotopic (exact) mass is 435 g/mol. The van der Waals surface area contributed by atoms with E-state index in [-0.39, 0.29) is 18.2 Å². The number of fused-ring (bicyclic) bond motifs is 1. The maximum atomic E-state index is 13.0. The van der Waals surface area contributed by atoms with Crippen molar-refractivity contribution < 1.29 is 19.1 Å². The molecule has 1 aromatic carbocycles. The number of hydrogen-bond donors (Lipinski definition) is 0. The minimum absolute atomic E-state index is 0.0307. The van der Waals surface area contributed by atoms with E-state index in [1.165, 1.54) is 31.0 Å². The highest BCUT2D eigenvalue weighted by atomic mass is 32.2. The molecule has 0 bridgehead atoms. The Balaban J connectivity index is 1.56. The lowest BCUT2D eigenvalue weighted by atomic mass is 9.87. The van der Waals surface area contributed by atoms with Gasteiger partial charge >= 0.3 is 5.97 Å². The van der Waals surface area contributed by atoms with Crippen LogP contribution in [0.5, 0.6) is 0 Å². The molecule has 31 heavy (non-hydrogen) atoms. The highest BCUT2D eigenvalue weighted by Gasteiger charge is 2.41. The first kappa shape index (κ1) is 21.1. The van der Waals surface area contributed by atoms with Gasteiger partial charge in [0.25, 0.3) is 0 Å². The normalized spacial score (nSPS) is 20.4. The molecule has 1 fully saturated rings. The number of imide groups is 1. The molecule has 0 saturated carbocycles. The summed E-state index contributed by atoms with van der Waals surface area (Å²) < 4.78 is 4.67. The largest absolute Gasteiger partial charge is 0.465 e. The number of aromatic nitrogens is 1. The van der Waals surface area contributed by atoms with Crippen molar-refractivity contribution in [2.24, 2.45) is 5.92 Å². The van der Waals surface area contributed by atoms with Crippen molar-refractivity contribution in [3.63, 3.8) is 0 Å². The van der Waals surface area contributed by atoms with E-state index >= 15 is 0 Å². The topological polar surface area (TPSA) is 100 Å². The molecule has 2 amide bonds. The van der Waals surface area contributed by atoms with Crippen LogP contribution < -0.4 is 4.90 Å². The van der Waals surface area contributed by atoms with Gasteiger partial charge in [0.1, 0.15) is 11.1 Å². The van der Waals surface area contributed by atoms with Crippen LogP contribution in [0.25, 0.3) is 0 Å². The summed E-state index contributed by atoms with van der Waals surface area (Å²) >= 11 is 1.18. The molecule has 158 valence electrons. The zero-order chi connectivity index (χ0) is 22.1. The highest BCUT2D eigenvalue weighted by Crippen LogP contribution is 2.36. The Morgan fingerprint density at radius 3 is 2.68 bits per heavy atom. The molecule has 1 aliphatic heterocycles. The van der Waals surface area contributed by atoms with Gasteiger partial charge in [0, 0.05) is 12.1 Å². The molecule has 1 saturated heterocycles. The van der Waals surface area contributed by atoms with Gasteiger partial charge in [-0.25, -0.2) is 14.7 Å². The molecular formula is C23H21N3O4S. The number of benzene rings is 1. The van der Waals surface area contributed by atoms with Crippen LogP contribution in [-0.2, 0) is 27.2 Å². The molecule has 8 heteroatoms. The van der Waals surface area contributed by atoms with Gasteiger partial charge in [0.15, 0.2) is 0 Å². The van der Waals surface area contributed by atoms with E-state index < -0.39 is 11.2 Å². The minimum atomic E-state index is -0.645. The van der Waals surface area contributed by atoms with Gasteiger partial charge in [-0.05, 0) is 61.1 Å². The lowest BCUT2D eigenvalue weighted by Crippen LogP contribution is -2.31. The second-order valence-corrected chi connectivity index (χ2v) is 9.01. The Hall–Kier alpha value is -3.18. The Kier molecular flexibility index (Phi) is 5.79. The number of ether oxygens (including phenoxy) is 1. The molecule has 2 heterocycles. The first-order valence-electron chi connectivity index (χ1n) is 10.1. The second kappa shape index (κ2) is 8.52. The fraction of sp³-hybridized carbons (Fsp3) is 0.348. The van der Waals surface area contributed by atoms with Gasteiger partial charge in [-0.1, -0.05) is 18.7 Å². The lowest BCUT2D eigenvalue weighted by Gasteiger charge is -2.22. The molecule has 4 rings (SSSR count). The molecule has 2 aromatic rings. The zero-order valence-corrected chi connectivity index (χ0v) is 18.1. The number of nitriles is 1. The smallest absolute Gasteiger partial charge is 0.337 e. The Morgan fingerprint density at radius 2 is 2.00 bits per heavy atom. The number of amides is 2. The zero-order valence-electron chi connectivity index (χ0n) is 17.3.